The van der Waals surface area contributed by atoms with E-state index >= 15 is 0 Å². The molecule has 1 rings (SSSR count). The highest BCUT2D eigenvalue weighted by atomic mass is 16.5. The summed E-state index contributed by atoms with van der Waals surface area (Å²) < 4.78 is 5.44. The average molecular weight is 229 g/mol. The van der Waals surface area contributed by atoms with Crippen LogP contribution in [0.2, 0.25) is 0 Å². The Kier molecular flexibility index (Phi) is 5.22. The number of carboxylic acid groups (broad SMARTS) is 1. The van der Waals surface area contributed by atoms with Crippen molar-refractivity contribution in [2.45, 2.75) is 33.2 Å². The van der Waals surface area contributed by atoms with E-state index in [1.165, 1.54) is 0 Å². The lowest BCUT2D eigenvalue weighted by Crippen LogP contribution is -2.39. The molecule has 1 aliphatic heterocycles. The van der Waals surface area contributed by atoms with Gasteiger partial charge in [0.25, 0.3) is 0 Å². The molecule has 0 aromatic rings. The summed E-state index contributed by atoms with van der Waals surface area (Å²) in [5.74, 6) is 0.306. The number of carbonyl (C=O) groups is 1. The summed E-state index contributed by atoms with van der Waals surface area (Å²) in [5, 5.41) is 9.11. The number of hydrogen-bond donors (Lipinski definition) is 1. The Morgan fingerprint density at radius 1 is 1.50 bits per heavy atom. The molecule has 94 valence electrons. The zero-order chi connectivity index (χ0) is 12.1. The lowest BCUT2D eigenvalue weighted by atomic mass is 9.99. The number of aliphatic carboxylic acids is 1. The van der Waals surface area contributed by atoms with Crippen LogP contribution in [0.4, 0.5) is 0 Å². The van der Waals surface area contributed by atoms with Crippen LogP contribution in [-0.2, 0) is 9.53 Å². The molecule has 0 radical (unpaired) electrons. The van der Waals surface area contributed by atoms with E-state index in [-0.39, 0.29) is 6.04 Å². The molecule has 1 N–H and O–H groups in total. The number of hydrogen-bond acceptors (Lipinski definition) is 3. The van der Waals surface area contributed by atoms with Gasteiger partial charge in [-0.3, -0.25) is 9.69 Å². The van der Waals surface area contributed by atoms with E-state index in [0.717, 1.165) is 26.3 Å². The third-order valence-electron chi connectivity index (χ3n) is 3.44. The highest BCUT2D eigenvalue weighted by Gasteiger charge is 2.35. The molecule has 1 aliphatic rings. The van der Waals surface area contributed by atoms with Crippen LogP contribution in [0.1, 0.15) is 27.2 Å². The maximum absolute atomic E-state index is 11.1. The van der Waals surface area contributed by atoms with Crippen molar-refractivity contribution in [3.63, 3.8) is 0 Å². The first kappa shape index (κ1) is 13.5. The lowest BCUT2D eigenvalue weighted by molar-refractivity contribution is -0.143. The number of nitrogens with zero attached hydrogens (tertiary/aromatic N) is 1. The summed E-state index contributed by atoms with van der Waals surface area (Å²) in [6.07, 6.45) is 0.670. The topological polar surface area (TPSA) is 49.8 Å². The molecule has 1 heterocycles. The normalized spacial score (nSPS) is 28.2. The molecule has 0 bridgehead atoms. The molecule has 0 spiro atoms. The van der Waals surface area contributed by atoms with Crippen LogP contribution in [0.15, 0.2) is 0 Å². The Hall–Kier alpha value is -0.610. The highest BCUT2D eigenvalue weighted by molar-refractivity contribution is 5.73. The van der Waals surface area contributed by atoms with Crippen molar-refractivity contribution in [3.8, 4) is 0 Å². The van der Waals surface area contributed by atoms with Crippen LogP contribution in [0.3, 0.4) is 0 Å². The fraction of sp³-hybridized carbons (Fsp3) is 0.917. The second kappa shape index (κ2) is 6.21. The van der Waals surface area contributed by atoms with Gasteiger partial charge in [0, 0.05) is 19.7 Å². The molecule has 0 aliphatic carbocycles. The van der Waals surface area contributed by atoms with E-state index in [1.54, 1.807) is 0 Å². The molecule has 0 unspecified atom stereocenters. The van der Waals surface area contributed by atoms with Crippen molar-refractivity contribution in [1.82, 2.24) is 4.90 Å². The van der Waals surface area contributed by atoms with Crippen LogP contribution in [0.25, 0.3) is 0 Å². The maximum Gasteiger partial charge on any atom is 0.320 e. The van der Waals surface area contributed by atoms with E-state index in [0.29, 0.717) is 18.3 Å². The van der Waals surface area contributed by atoms with Crippen molar-refractivity contribution in [3.05, 3.63) is 0 Å². The maximum atomic E-state index is 11.1. The second-order valence-electron chi connectivity index (χ2n) is 4.61. The molecule has 0 amide bonds. The Balaban J connectivity index is 2.50. The van der Waals surface area contributed by atoms with Gasteiger partial charge in [0.2, 0.25) is 0 Å². The molecule has 1 saturated heterocycles. The zero-order valence-electron chi connectivity index (χ0n) is 10.5. The van der Waals surface area contributed by atoms with Gasteiger partial charge in [-0.1, -0.05) is 13.8 Å². The van der Waals surface area contributed by atoms with Gasteiger partial charge in [-0.05, 0) is 25.2 Å². The van der Waals surface area contributed by atoms with Crippen molar-refractivity contribution in [1.29, 1.82) is 0 Å². The standard InChI is InChI=1S/C12H23NO3/c1-4-11(12(14)15)13-6-9(3)10(7-13)8-16-5-2/h9-11H,4-8H2,1-3H3,(H,14,15)/t9-,10+,11+/m1/s1. The van der Waals surface area contributed by atoms with Gasteiger partial charge in [-0.25, -0.2) is 0 Å². The van der Waals surface area contributed by atoms with Gasteiger partial charge < -0.3 is 9.84 Å². The first-order valence-corrected chi connectivity index (χ1v) is 6.14. The minimum absolute atomic E-state index is 0.325. The van der Waals surface area contributed by atoms with Gasteiger partial charge in [0.1, 0.15) is 6.04 Å². The molecule has 0 aromatic carbocycles. The fourth-order valence-electron chi connectivity index (χ4n) is 2.40. The van der Waals surface area contributed by atoms with Gasteiger partial charge in [-0.2, -0.15) is 0 Å². The quantitative estimate of drug-likeness (QED) is 0.749. The molecule has 16 heavy (non-hydrogen) atoms. The molecule has 4 heteroatoms. The molecular weight excluding hydrogens is 206 g/mol. The van der Waals surface area contributed by atoms with E-state index in [9.17, 15) is 4.79 Å². The molecule has 0 saturated carbocycles. The van der Waals surface area contributed by atoms with Crippen molar-refractivity contribution < 1.29 is 14.6 Å². The van der Waals surface area contributed by atoms with Crippen LogP contribution in [0, 0.1) is 11.8 Å². The minimum Gasteiger partial charge on any atom is -0.480 e. The first-order valence-electron chi connectivity index (χ1n) is 6.14. The van der Waals surface area contributed by atoms with Crippen molar-refractivity contribution in [2.24, 2.45) is 11.8 Å². The summed E-state index contributed by atoms with van der Waals surface area (Å²) >= 11 is 0. The van der Waals surface area contributed by atoms with E-state index in [2.05, 4.69) is 11.8 Å². The number of carboxylic acids is 1. The van der Waals surface area contributed by atoms with Gasteiger partial charge in [0.05, 0.1) is 6.61 Å². The molecule has 1 fully saturated rings. The summed E-state index contributed by atoms with van der Waals surface area (Å²) in [6, 6.07) is -0.325. The van der Waals surface area contributed by atoms with Crippen molar-refractivity contribution in [2.75, 3.05) is 26.3 Å². The summed E-state index contributed by atoms with van der Waals surface area (Å²) in [6.45, 7) is 9.32. The zero-order valence-corrected chi connectivity index (χ0v) is 10.5. The van der Waals surface area contributed by atoms with E-state index in [4.69, 9.17) is 9.84 Å². The minimum atomic E-state index is -0.702. The number of ether oxygens (including phenoxy) is 1. The SMILES string of the molecule is CCOC[C@@H]1CN([C@@H](CC)C(=O)O)C[C@H]1C. The Morgan fingerprint density at radius 3 is 2.69 bits per heavy atom. The fourth-order valence-corrected chi connectivity index (χ4v) is 2.40. The third-order valence-corrected chi connectivity index (χ3v) is 3.44. The average Bonchev–Trinajstić information content (AvgIpc) is 2.57. The largest absolute Gasteiger partial charge is 0.480 e. The van der Waals surface area contributed by atoms with Gasteiger partial charge >= 0.3 is 5.97 Å². The van der Waals surface area contributed by atoms with Crippen LogP contribution < -0.4 is 0 Å². The second-order valence-corrected chi connectivity index (χ2v) is 4.61. The van der Waals surface area contributed by atoms with Crippen LogP contribution in [0.5, 0.6) is 0 Å². The monoisotopic (exact) mass is 229 g/mol. The van der Waals surface area contributed by atoms with Crippen LogP contribution >= 0.6 is 0 Å². The highest BCUT2D eigenvalue weighted by Crippen LogP contribution is 2.25. The third kappa shape index (κ3) is 3.19. The Labute approximate surface area is 97.6 Å². The molecule has 3 atom stereocenters. The Bertz CT molecular complexity index is 232. The summed E-state index contributed by atoms with van der Waals surface area (Å²) in [5.41, 5.74) is 0. The molecule has 4 nitrogen and oxygen atoms in total. The number of rotatable bonds is 6. The number of likely N-dealkylation sites (tertiary alicyclic amines) is 1. The molecular formula is C12H23NO3. The van der Waals surface area contributed by atoms with Crippen molar-refractivity contribution >= 4 is 5.97 Å². The first-order chi connectivity index (χ1) is 7.60. The molecule has 0 aromatic heterocycles. The smallest absolute Gasteiger partial charge is 0.320 e. The summed E-state index contributed by atoms with van der Waals surface area (Å²) in [4.78, 5) is 13.2. The predicted molar refractivity (Wildman–Crippen MR) is 62.4 cm³/mol. The Morgan fingerprint density at radius 2 is 2.19 bits per heavy atom. The van der Waals surface area contributed by atoms with Gasteiger partial charge in [0.15, 0.2) is 0 Å². The van der Waals surface area contributed by atoms with E-state index < -0.39 is 5.97 Å². The van der Waals surface area contributed by atoms with E-state index in [1.807, 2.05) is 13.8 Å². The lowest BCUT2D eigenvalue weighted by Gasteiger charge is -2.22. The van der Waals surface area contributed by atoms with Gasteiger partial charge in [-0.15, -0.1) is 0 Å². The predicted octanol–water partition coefficient (Wildman–Crippen LogP) is 1.45. The van der Waals surface area contributed by atoms with Crippen LogP contribution in [-0.4, -0.2) is 48.3 Å². The summed E-state index contributed by atoms with van der Waals surface area (Å²) in [7, 11) is 0.